The van der Waals surface area contributed by atoms with Crippen LogP contribution in [0.25, 0.3) is 0 Å². The molecule has 1 aromatic carbocycles. The number of hydrogen-bond donors (Lipinski definition) is 0. The van der Waals surface area contributed by atoms with Crippen LogP contribution in [0.1, 0.15) is 60.9 Å². The monoisotopic (exact) mass is 290 g/mol. The van der Waals surface area contributed by atoms with Crippen LogP contribution in [0.2, 0.25) is 0 Å². The molecule has 0 heterocycles. The lowest BCUT2D eigenvalue weighted by atomic mass is 9.84. The van der Waals surface area contributed by atoms with Crippen LogP contribution in [0.4, 0.5) is 13.2 Å². The molecule has 106 valence electrons. The lowest BCUT2D eigenvalue weighted by Gasteiger charge is -2.22. The summed E-state index contributed by atoms with van der Waals surface area (Å²) in [5.74, 6) is 0.569. The second kappa shape index (κ2) is 6.17. The van der Waals surface area contributed by atoms with Crippen molar-refractivity contribution in [1.82, 2.24) is 0 Å². The molecule has 0 aromatic heterocycles. The fourth-order valence-electron chi connectivity index (χ4n) is 2.73. The highest BCUT2D eigenvalue weighted by Crippen LogP contribution is 2.36. The summed E-state index contributed by atoms with van der Waals surface area (Å²) in [4.78, 5) is 0. The predicted octanol–water partition coefficient (Wildman–Crippen LogP) is 5.97. The molecule has 0 aliphatic heterocycles. The summed E-state index contributed by atoms with van der Waals surface area (Å²) in [7, 11) is 0. The van der Waals surface area contributed by atoms with Gasteiger partial charge in [0.15, 0.2) is 0 Å². The average molecular weight is 291 g/mol. The number of alkyl halides is 4. The Bertz CT molecular complexity index is 391. The molecule has 0 radical (unpaired) electrons. The van der Waals surface area contributed by atoms with Gasteiger partial charge in [-0.3, -0.25) is 0 Å². The maximum absolute atomic E-state index is 12.3. The molecule has 1 unspecified atom stereocenters. The fourth-order valence-corrected chi connectivity index (χ4v) is 3.05. The number of benzene rings is 1. The smallest absolute Gasteiger partial charge is 0.171 e. The molecule has 0 nitrogen and oxygen atoms in total. The lowest BCUT2D eigenvalue weighted by Crippen LogP contribution is -2.11. The Hall–Kier alpha value is -0.700. The van der Waals surface area contributed by atoms with Crippen LogP contribution in [0.3, 0.4) is 0 Å². The summed E-state index contributed by atoms with van der Waals surface area (Å²) in [5.41, 5.74) is 1.79. The highest BCUT2D eigenvalue weighted by Gasteiger charge is 2.31. The molecule has 1 saturated carbocycles. The van der Waals surface area contributed by atoms with Gasteiger partial charge in [-0.2, -0.15) is 13.2 Å². The Morgan fingerprint density at radius 3 is 2.16 bits per heavy atom. The van der Waals surface area contributed by atoms with Gasteiger partial charge in [0, 0.05) is 0 Å². The normalized spacial score (nSPS) is 19.4. The third-order valence-corrected chi connectivity index (χ3v) is 4.19. The summed E-state index contributed by atoms with van der Waals surface area (Å²) in [6.45, 7) is 0. The van der Waals surface area contributed by atoms with Gasteiger partial charge in [0.25, 0.3) is 0 Å². The molecule has 0 saturated heterocycles. The summed E-state index contributed by atoms with van der Waals surface area (Å²) >= 11 is 5.81. The van der Waals surface area contributed by atoms with Gasteiger partial charge < -0.3 is 0 Å². The van der Waals surface area contributed by atoms with E-state index in [1.807, 2.05) is 12.1 Å². The van der Waals surface area contributed by atoms with Crippen molar-refractivity contribution in [2.45, 2.75) is 56.0 Å². The van der Waals surface area contributed by atoms with Crippen LogP contribution in [-0.4, -0.2) is 6.18 Å². The highest BCUT2D eigenvalue weighted by molar-refractivity contribution is 6.20. The number of rotatable bonds is 3. The minimum absolute atomic E-state index is 0.554. The van der Waals surface area contributed by atoms with Crippen molar-refractivity contribution in [2.75, 3.05) is 0 Å². The second-order valence-corrected chi connectivity index (χ2v) is 5.82. The first-order chi connectivity index (χ1) is 8.96. The zero-order valence-electron chi connectivity index (χ0n) is 10.7. The van der Waals surface area contributed by atoms with Crippen molar-refractivity contribution >= 4 is 11.6 Å². The highest BCUT2D eigenvalue weighted by atomic mass is 35.5. The van der Waals surface area contributed by atoms with Crippen LogP contribution >= 0.6 is 11.6 Å². The predicted molar refractivity (Wildman–Crippen MR) is 71.5 cm³/mol. The van der Waals surface area contributed by atoms with E-state index in [4.69, 9.17) is 11.6 Å². The fraction of sp³-hybridized carbons (Fsp3) is 0.600. The van der Waals surface area contributed by atoms with Gasteiger partial charge in [-0.05, 0) is 29.9 Å². The molecule has 0 bridgehead atoms. The lowest BCUT2D eigenvalue weighted by molar-refractivity contribution is -0.134. The van der Waals surface area contributed by atoms with Gasteiger partial charge in [-0.1, -0.05) is 43.5 Å². The molecule has 1 aromatic rings. The minimum atomic E-state index is -4.21. The van der Waals surface area contributed by atoms with Gasteiger partial charge in [-0.15, -0.1) is 11.6 Å². The number of hydrogen-bond acceptors (Lipinski definition) is 0. The van der Waals surface area contributed by atoms with Gasteiger partial charge in [0.05, 0.1) is 11.8 Å². The molecule has 4 heteroatoms. The SMILES string of the molecule is FC(F)(F)CC(Cl)c1ccc(C2CCCCC2)cc1. The van der Waals surface area contributed by atoms with Crippen LogP contribution in [-0.2, 0) is 0 Å². The van der Waals surface area contributed by atoms with Crippen LogP contribution in [0, 0.1) is 0 Å². The molecule has 0 amide bonds. The van der Waals surface area contributed by atoms with Gasteiger partial charge >= 0.3 is 6.18 Å². The molecule has 1 aliphatic carbocycles. The van der Waals surface area contributed by atoms with Crippen molar-refractivity contribution in [3.63, 3.8) is 0 Å². The van der Waals surface area contributed by atoms with Crippen LogP contribution in [0.15, 0.2) is 24.3 Å². The molecule has 1 aliphatic rings. The Morgan fingerprint density at radius 1 is 1.05 bits per heavy atom. The molecule has 2 rings (SSSR count). The summed E-state index contributed by atoms with van der Waals surface area (Å²) in [5, 5.41) is -0.986. The van der Waals surface area contributed by atoms with Crippen molar-refractivity contribution in [2.24, 2.45) is 0 Å². The van der Waals surface area contributed by atoms with Crippen molar-refractivity contribution in [3.05, 3.63) is 35.4 Å². The first kappa shape index (κ1) is 14.7. The Balaban J connectivity index is 2.01. The molecular weight excluding hydrogens is 273 g/mol. The van der Waals surface area contributed by atoms with Gasteiger partial charge in [-0.25, -0.2) is 0 Å². The van der Waals surface area contributed by atoms with E-state index in [0.29, 0.717) is 11.5 Å². The Labute approximate surface area is 117 Å². The first-order valence-electron chi connectivity index (χ1n) is 6.76. The third kappa shape index (κ3) is 4.41. The molecule has 19 heavy (non-hydrogen) atoms. The van der Waals surface area contributed by atoms with Gasteiger partial charge in [0.1, 0.15) is 0 Å². The van der Waals surface area contributed by atoms with E-state index in [1.54, 1.807) is 12.1 Å². The third-order valence-electron chi connectivity index (χ3n) is 3.79. The largest absolute Gasteiger partial charge is 0.390 e. The Kier molecular flexibility index (Phi) is 4.77. The standard InChI is InChI=1S/C15H18ClF3/c16-14(10-15(17,18)19)13-8-6-12(7-9-13)11-4-2-1-3-5-11/h6-9,11,14H,1-5,10H2. The van der Waals surface area contributed by atoms with E-state index in [9.17, 15) is 13.2 Å². The van der Waals surface area contributed by atoms with Crippen molar-refractivity contribution in [3.8, 4) is 0 Å². The van der Waals surface area contributed by atoms with E-state index in [2.05, 4.69) is 0 Å². The molecule has 1 atom stereocenters. The van der Waals surface area contributed by atoms with E-state index in [0.717, 1.165) is 0 Å². The van der Waals surface area contributed by atoms with E-state index in [1.165, 1.54) is 37.7 Å². The van der Waals surface area contributed by atoms with Crippen molar-refractivity contribution in [1.29, 1.82) is 0 Å². The van der Waals surface area contributed by atoms with Crippen LogP contribution in [0.5, 0.6) is 0 Å². The summed E-state index contributed by atoms with van der Waals surface area (Å²) in [6.07, 6.45) is 0.978. The van der Waals surface area contributed by atoms with E-state index < -0.39 is 18.0 Å². The maximum Gasteiger partial charge on any atom is 0.390 e. The second-order valence-electron chi connectivity index (χ2n) is 5.29. The van der Waals surface area contributed by atoms with Gasteiger partial charge in [0.2, 0.25) is 0 Å². The molecule has 0 spiro atoms. The van der Waals surface area contributed by atoms with Crippen LogP contribution < -0.4 is 0 Å². The zero-order chi connectivity index (χ0) is 13.9. The quantitative estimate of drug-likeness (QED) is 0.602. The zero-order valence-corrected chi connectivity index (χ0v) is 11.5. The molecular formula is C15H18ClF3. The summed E-state index contributed by atoms with van der Waals surface area (Å²) in [6, 6.07) is 7.37. The topological polar surface area (TPSA) is 0 Å². The first-order valence-corrected chi connectivity index (χ1v) is 7.20. The minimum Gasteiger partial charge on any atom is -0.171 e. The number of halogens is 4. The van der Waals surface area contributed by atoms with E-state index in [-0.39, 0.29) is 0 Å². The molecule has 1 fully saturated rings. The van der Waals surface area contributed by atoms with Crippen molar-refractivity contribution < 1.29 is 13.2 Å². The van der Waals surface area contributed by atoms with E-state index >= 15 is 0 Å². The summed E-state index contributed by atoms with van der Waals surface area (Å²) < 4.78 is 36.8. The Morgan fingerprint density at radius 2 is 1.63 bits per heavy atom. The maximum atomic E-state index is 12.3. The molecule has 0 N–H and O–H groups in total. The average Bonchev–Trinajstić information content (AvgIpc) is 2.38.